The average molecular weight is 357 g/mol. The van der Waals surface area contributed by atoms with Crippen molar-refractivity contribution < 1.29 is 24.2 Å². The SMILES string of the molecule is COc1ccc(NC(=O)c2cc(NC(=O)CCC(=O)O)ccc2N)cc1. The normalized spacial score (nSPS) is 10.0. The van der Waals surface area contributed by atoms with Crippen LogP contribution in [0.1, 0.15) is 23.2 Å². The van der Waals surface area contributed by atoms with E-state index in [1.165, 1.54) is 18.2 Å². The van der Waals surface area contributed by atoms with Gasteiger partial charge in [-0.25, -0.2) is 0 Å². The number of amides is 2. The topological polar surface area (TPSA) is 131 Å². The lowest BCUT2D eigenvalue weighted by Gasteiger charge is -2.11. The summed E-state index contributed by atoms with van der Waals surface area (Å²) in [5.41, 5.74) is 7.21. The smallest absolute Gasteiger partial charge is 0.303 e. The van der Waals surface area contributed by atoms with Crippen molar-refractivity contribution in [3.8, 4) is 5.75 Å². The minimum atomic E-state index is -1.06. The van der Waals surface area contributed by atoms with Crippen molar-refractivity contribution in [1.29, 1.82) is 0 Å². The third-order valence-electron chi connectivity index (χ3n) is 3.50. The van der Waals surface area contributed by atoms with E-state index in [2.05, 4.69) is 10.6 Å². The van der Waals surface area contributed by atoms with Gasteiger partial charge in [0.15, 0.2) is 0 Å². The zero-order valence-electron chi connectivity index (χ0n) is 14.1. The second-order valence-electron chi connectivity index (χ2n) is 5.43. The zero-order valence-corrected chi connectivity index (χ0v) is 14.1. The molecule has 2 aromatic rings. The fourth-order valence-corrected chi connectivity index (χ4v) is 2.15. The van der Waals surface area contributed by atoms with Gasteiger partial charge in [0.05, 0.1) is 19.1 Å². The van der Waals surface area contributed by atoms with E-state index >= 15 is 0 Å². The number of methoxy groups -OCH3 is 1. The lowest BCUT2D eigenvalue weighted by molar-refractivity contribution is -0.138. The van der Waals surface area contributed by atoms with Gasteiger partial charge in [-0.2, -0.15) is 0 Å². The summed E-state index contributed by atoms with van der Waals surface area (Å²) in [5, 5.41) is 13.8. The Morgan fingerprint density at radius 1 is 1.00 bits per heavy atom. The Morgan fingerprint density at radius 3 is 2.27 bits per heavy atom. The first-order chi connectivity index (χ1) is 12.4. The Morgan fingerprint density at radius 2 is 1.65 bits per heavy atom. The fourth-order valence-electron chi connectivity index (χ4n) is 2.15. The van der Waals surface area contributed by atoms with E-state index in [-0.39, 0.29) is 24.1 Å². The average Bonchev–Trinajstić information content (AvgIpc) is 2.62. The highest BCUT2D eigenvalue weighted by Crippen LogP contribution is 2.21. The third-order valence-corrected chi connectivity index (χ3v) is 3.50. The molecule has 136 valence electrons. The van der Waals surface area contributed by atoms with Crippen LogP contribution in [0.3, 0.4) is 0 Å². The Balaban J connectivity index is 2.08. The number of nitrogens with two attached hydrogens (primary N) is 1. The van der Waals surface area contributed by atoms with E-state index in [0.717, 1.165) is 0 Å². The van der Waals surface area contributed by atoms with Gasteiger partial charge in [0.2, 0.25) is 5.91 Å². The van der Waals surface area contributed by atoms with E-state index in [9.17, 15) is 14.4 Å². The maximum absolute atomic E-state index is 12.4. The van der Waals surface area contributed by atoms with E-state index in [1.807, 2.05) is 0 Å². The summed E-state index contributed by atoms with van der Waals surface area (Å²) in [5.74, 6) is -1.29. The number of aliphatic carboxylic acids is 1. The molecule has 26 heavy (non-hydrogen) atoms. The summed E-state index contributed by atoms with van der Waals surface area (Å²) < 4.78 is 5.06. The van der Waals surface area contributed by atoms with Crippen LogP contribution in [0, 0.1) is 0 Å². The highest BCUT2D eigenvalue weighted by atomic mass is 16.5. The van der Waals surface area contributed by atoms with Crippen LogP contribution in [0.5, 0.6) is 5.75 Å². The highest BCUT2D eigenvalue weighted by Gasteiger charge is 2.13. The molecule has 0 aliphatic heterocycles. The lowest BCUT2D eigenvalue weighted by Crippen LogP contribution is -2.16. The standard InChI is InChI=1S/C18H19N3O5/c1-26-13-5-2-11(3-6-13)21-18(25)14-10-12(4-7-15(14)19)20-16(22)8-9-17(23)24/h2-7,10H,8-9,19H2,1H3,(H,20,22)(H,21,25)(H,23,24). The lowest BCUT2D eigenvalue weighted by atomic mass is 10.1. The summed E-state index contributed by atoms with van der Waals surface area (Å²) >= 11 is 0. The molecule has 0 aliphatic carbocycles. The Bertz CT molecular complexity index is 818. The molecule has 0 unspecified atom stereocenters. The largest absolute Gasteiger partial charge is 0.497 e. The molecule has 0 aromatic heterocycles. The van der Waals surface area contributed by atoms with Crippen LogP contribution in [0.25, 0.3) is 0 Å². The number of rotatable bonds is 7. The van der Waals surface area contributed by atoms with Crippen molar-refractivity contribution in [2.45, 2.75) is 12.8 Å². The molecule has 0 atom stereocenters. The minimum absolute atomic E-state index is 0.160. The molecule has 8 heteroatoms. The van der Waals surface area contributed by atoms with Gasteiger partial charge in [-0.05, 0) is 42.5 Å². The van der Waals surface area contributed by atoms with Gasteiger partial charge >= 0.3 is 5.97 Å². The number of nitrogens with one attached hydrogen (secondary N) is 2. The van der Waals surface area contributed by atoms with Gasteiger partial charge in [0.25, 0.3) is 5.91 Å². The molecule has 5 N–H and O–H groups in total. The summed E-state index contributed by atoms with van der Waals surface area (Å²) in [6.07, 6.45) is -0.432. The first-order valence-corrected chi connectivity index (χ1v) is 7.75. The van der Waals surface area contributed by atoms with Crippen molar-refractivity contribution in [2.24, 2.45) is 0 Å². The third kappa shape index (κ3) is 5.23. The number of carbonyl (C=O) groups is 3. The molecule has 0 bridgehead atoms. The summed E-state index contributed by atoms with van der Waals surface area (Å²) in [7, 11) is 1.55. The predicted octanol–water partition coefficient (Wildman–Crippen LogP) is 2.33. The van der Waals surface area contributed by atoms with Gasteiger partial charge < -0.3 is 26.2 Å². The second kappa shape index (κ2) is 8.52. The van der Waals surface area contributed by atoms with Crippen molar-refractivity contribution in [2.75, 3.05) is 23.5 Å². The molecule has 0 heterocycles. The quantitative estimate of drug-likeness (QED) is 0.563. The van der Waals surface area contributed by atoms with Crippen LogP contribution in [0.15, 0.2) is 42.5 Å². The molecule has 2 aromatic carbocycles. The Kier molecular flexibility index (Phi) is 6.15. The van der Waals surface area contributed by atoms with Crippen LogP contribution in [0.2, 0.25) is 0 Å². The molecule has 0 spiro atoms. The monoisotopic (exact) mass is 357 g/mol. The van der Waals surface area contributed by atoms with E-state index in [0.29, 0.717) is 17.1 Å². The maximum Gasteiger partial charge on any atom is 0.303 e. The van der Waals surface area contributed by atoms with Crippen molar-refractivity contribution in [1.82, 2.24) is 0 Å². The van der Waals surface area contributed by atoms with Gasteiger partial charge in [-0.3, -0.25) is 14.4 Å². The number of carboxylic acid groups (broad SMARTS) is 1. The van der Waals surface area contributed by atoms with Gasteiger partial charge in [0.1, 0.15) is 5.75 Å². The number of nitrogen functional groups attached to an aromatic ring is 1. The summed E-state index contributed by atoms with van der Waals surface area (Å²) in [6, 6.07) is 11.3. The van der Waals surface area contributed by atoms with Gasteiger partial charge in [0, 0.05) is 23.5 Å². The van der Waals surface area contributed by atoms with Crippen LogP contribution in [-0.4, -0.2) is 30.0 Å². The van der Waals surface area contributed by atoms with Gasteiger partial charge in [-0.1, -0.05) is 0 Å². The van der Waals surface area contributed by atoms with E-state index in [1.54, 1.807) is 31.4 Å². The number of anilines is 3. The van der Waals surface area contributed by atoms with Crippen molar-refractivity contribution in [3.05, 3.63) is 48.0 Å². The maximum atomic E-state index is 12.4. The molecule has 0 aliphatic rings. The summed E-state index contributed by atoms with van der Waals surface area (Å²) in [6.45, 7) is 0. The molecule has 0 fully saturated rings. The number of hydrogen-bond donors (Lipinski definition) is 4. The van der Waals surface area contributed by atoms with Gasteiger partial charge in [-0.15, -0.1) is 0 Å². The molecule has 8 nitrogen and oxygen atoms in total. The number of carboxylic acids is 1. The molecular formula is C18H19N3O5. The summed E-state index contributed by atoms with van der Waals surface area (Å²) in [4.78, 5) is 34.6. The highest BCUT2D eigenvalue weighted by molar-refractivity contribution is 6.08. The zero-order chi connectivity index (χ0) is 19.1. The Hall–Kier alpha value is -3.55. The molecule has 0 saturated carbocycles. The van der Waals surface area contributed by atoms with Crippen LogP contribution >= 0.6 is 0 Å². The first kappa shape index (κ1) is 18.8. The second-order valence-corrected chi connectivity index (χ2v) is 5.43. The number of hydrogen-bond acceptors (Lipinski definition) is 5. The number of benzene rings is 2. The van der Waals surface area contributed by atoms with Crippen molar-refractivity contribution in [3.63, 3.8) is 0 Å². The molecular weight excluding hydrogens is 338 g/mol. The predicted molar refractivity (Wildman–Crippen MR) is 97.3 cm³/mol. The first-order valence-electron chi connectivity index (χ1n) is 7.75. The molecule has 0 saturated heterocycles. The Labute approximate surface area is 150 Å². The fraction of sp³-hybridized carbons (Fsp3) is 0.167. The van der Waals surface area contributed by atoms with Crippen LogP contribution in [-0.2, 0) is 9.59 Å². The molecule has 2 rings (SSSR count). The van der Waals surface area contributed by atoms with Crippen LogP contribution in [0.4, 0.5) is 17.1 Å². The van der Waals surface area contributed by atoms with E-state index < -0.39 is 17.8 Å². The number of ether oxygens (including phenoxy) is 1. The van der Waals surface area contributed by atoms with Crippen molar-refractivity contribution >= 4 is 34.8 Å². The van der Waals surface area contributed by atoms with Crippen LogP contribution < -0.4 is 21.1 Å². The van der Waals surface area contributed by atoms with E-state index in [4.69, 9.17) is 15.6 Å². The minimum Gasteiger partial charge on any atom is -0.497 e. The molecule has 2 amide bonds. The molecule has 0 radical (unpaired) electrons. The number of carbonyl (C=O) groups excluding carboxylic acids is 2.